The molecule has 0 amide bonds. The van der Waals surface area contributed by atoms with Crippen molar-refractivity contribution in [2.75, 3.05) is 4.72 Å². The topological polar surface area (TPSA) is 72.0 Å². The molecule has 0 aromatic carbocycles. The largest absolute Gasteiger partial charge is 0.278 e. The molecule has 0 bridgehead atoms. The minimum Gasteiger partial charge on any atom is -0.278 e. The number of sulfonamides is 1. The van der Waals surface area contributed by atoms with Gasteiger partial charge >= 0.3 is 0 Å². The Balaban J connectivity index is 2.35. The zero-order valence-corrected chi connectivity index (χ0v) is 14.0. The molecule has 0 fully saturated rings. The van der Waals surface area contributed by atoms with E-state index in [1.807, 2.05) is 0 Å². The molecule has 0 atom stereocenters. The average Bonchev–Trinajstić information content (AvgIpc) is 2.37. The first kappa shape index (κ1) is 15.5. The summed E-state index contributed by atoms with van der Waals surface area (Å²) < 4.78 is 27.4. The molecule has 0 aliphatic rings. The van der Waals surface area contributed by atoms with Gasteiger partial charge < -0.3 is 0 Å². The lowest BCUT2D eigenvalue weighted by molar-refractivity contribution is 0.601. The SMILES string of the molecule is Cc1cc(NS(=O)(=O)c2cnc(Cl)c(Cl)c2)cnc1Br. The Morgan fingerprint density at radius 3 is 2.50 bits per heavy atom. The standard InChI is InChI=1S/C11H8BrCl2N3O2S/c1-6-2-7(4-15-10(6)12)17-20(18,19)8-3-9(13)11(14)16-5-8/h2-5,17H,1H3. The van der Waals surface area contributed by atoms with Gasteiger partial charge in [-0.3, -0.25) is 4.72 Å². The molecule has 9 heteroatoms. The molecule has 0 aliphatic heterocycles. The van der Waals surface area contributed by atoms with E-state index in [0.29, 0.717) is 10.3 Å². The zero-order valence-electron chi connectivity index (χ0n) is 10.1. The molecule has 2 rings (SSSR count). The number of pyridine rings is 2. The van der Waals surface area contributed by atoms with Crippen molar-refractivity contribution in [2.45, 2.75) is 11.8 Å². The van der Waals surface area contributed by atoms with E-state index in [0.717, 1.165) is 11.8 Å². The van der Waals surface area contributed by atoms with Gasteiger partial charge in [-0.25, -0.2) is 18.4 Å². The lowest BCUT2D eigenvalue weighted by atomic mass is 10.3. The second-order valence-electron chi connectivity index (χ2n) is 3.88. The minimum absolute atomic E-state index is 0.0479. The van der Waals surface area contributed by atoms with Crippen LogP contribution in [0.3, 0.4) is 0 Å². The first-order valence-electron chi connectivity index (χ1n) is 5.25. The van der Waals surface area contributed by atoms with Crippen LogP contribution in [0, 0.1) is 6.92 Å². The summed E-state index contributed by atoms with van der Waals surface area (Å²) in [6.45, 7) is 1.80. The van der Waals surface area contributed by atoms with Gasteiger partial charge in [-0.2, -0.15) is 0 Å². The van der Waals surface area contributed by atoms with Gasteiger partial charge in [-0.1, -0.05) is 23.2 Å². The monoisotopic (exact) mass is 395 g/mol. The van der Waals surface area contributed by atoms with Gasteiger partial charge in [0.15, 0.2) is 0 Å². The van der Waals surface area contributed by atoms with Crippen LogP contribution in [0.25, 0.3) is 0 Å². The second-order valence-corrected chi connectivity index (χ2v) is 7.08. The van der Waals surface area contributed by atoms with Crippen molar-refractivity contribution in [3.63, 3.8) is 0 Å². The third kappa shape index (κ3) is 3.41. The Kier molecular flexibility index (Phi) is 4.53. The van der Waals surface area contributed by atoms with E-state index < -0.39 is 10.0 Å². The summed E-state index contributed by atoms with van der Waals surface area (Å²) in [5, 5.41) is 0.117. The summed E-state index contributed by atoms with van der Waals surface area (Å²) in [5.74, 6) is 0. The molecule has 2 aromatic heterocycles. The number of nitrogens with one attached hydrogen (secondary N) is 1. The third-order valence-corrected chi connectivity index (χ3v) is 5.21. The number of anilines is 1. The van der Waals surface area contributed by atoms with Crippen LogP contribution in [-0.4, -0.2) is 18.4 Å². The van der Waals surface area contributed by atoms with Crippen LogP contribution in [0.4, 0.5) is 5.69 Å². The normalized spacial score (nSPS) is 11.4. The maximum absolute atomic E-state index is 12.2. The number of nitrogens with zero attached hydrogens (tertiary/aromatic N) is 2. The fraction of sp³-hybridized carbons (Fsp3) is 0.0909. The smallest absolute Gasteiger partial charge is 0.263 e. The summed E-state index contributed by atoms with van der Waals surface area (Å²) in [7, 11) is -3.79. The van der Waals surface area contributed by atoms with Gasteiger partial charge in [0, 0.05) is 6.20 Å². The van der Waals surface area contributed by atoms with E-state index in [4.69, 9.17) is 23.2 Å². The van der Waals surface area contributed by atoms with E-state index in [2.05, 4.69) is 30.6 Å². The van der Waals surface area contributed by atoms with Crippen LogP contribution in [0.1, 0.15) is 5.56 Å². The van der Waals surface area contributed by atoms with E-state index in [9.17, 15) is 8.42 Å². The van der Waals surface area contributed by atoms with Gasteiger partial charge in [-0.05, 0) is 40.5 Å². The molecule has 5 nitrogen and oxygen atoms in total. The van der Waals surface area contributed by atoms with Gasteiger partial charge in [0.1, 0.15) is 14.7 Å². The summed E-state index contributed by atoms with van der Waals surface area (Å²) >= 11 is 14.7. The van der Waals surface area contributed by atoms with Crippen molar-refractivity contribution in [3.05, 3.63) is 44.9 Å². The van der Waals surface area contributed by atoms with Crippen molar-refractivity contribution in [1.82, 2.24) is 9.97 Å². The van der Waals surface area contributed by atoms with Gasteiger partial charge in [0.2, 0.25) is 0 Å². The Hall–Kier alpha value is -0.890. The average molecular weight is 397 g/mol. The molecule has 0 unspecified atom stereocenters. The van der Waals surface area contributed by atoms with Crippen LogP contribution < -0.4 is 4.72 Å². The molecule has 106 valence electrons. The van der Waals surface area contributed by atoms with Crippen LogP contribution in [0.5, 0.6) is 0 Å². The van der Waals surface area contributed by atoms with Crippen LogP contribution in [-0.2, 0) is 10.0 Å². The van der Waals surface area contributed by atoms with E-state index >= 15 is 0 Å². The fourth-order valence-corrected chi connectivity index (χ4v) is 2.93. The van der Waals surface area contributed by atoms with Gasteiger partial charge in [-0.15, -0.1) is 0 Å². The maximum Gasteiger partial charge on any atom is 0.263 e. The Morgan fingerprint density at radius 1 is 1.20 bits per heavy atom. The summed E-state index contributed by atoms with van der Waals surface area (Å²) in [6, 6.07) is 2.89. The lowest BCUT2D eigenvalue weighted by Crippen LogP contribution is -2.13. The van der Waals surface area contributed by atoms with E-state index in [1.54, 1.807) is 13.0 Å². The minimum atomic E-state index is -3.79. The van der Waals surface area contributed by atoms with Crippen LogP contribution >= 0.6 is 39.1 Å². The number of halogens is 3. The number of aromatic nitrogens is 2. The van der Waals surface area contributed by atoms with Crippen molar-refractivity contribution in [3.8, 4) is 0 Å². The highest BCUT2D eigenvalue weighted by Gasteiger charge is 2.17. The molecule has 0 saturated heterocycles. The lowest BCUT2D eigenvalue weighted by Gasteiger charge is -2.09. The third-order valence-electron chi connectivity index (χ3n) is 2.35. The van der Waals surface area contributed by atoms with Crippen molar-refractivity contribution in [2.24, 2.45) is 0 Å². The fourth-order valence-electron chi connectivity index (χ4n) is 1.38. The highest BCUT2D eigenvalue weighted by Crippen LogP contribution is 2.24. The number of hydrogen-bond acceptors (Lipinski definition) is 4. The number of hydrogen-bond donors (Lipinski definition) is 1. The van der Waals surface area contributed by atoms with Crippen molar-refractivity contribution < 1.29 is 8.42 Å². The maximum atomic E-state index is 12.2. The van der Waals surface area contributed by atoms with E-state index in [-0.39, 0.29) is 15.1 Å². The number of aryl methyl sites for hydroxylation is 1. The highest BCUT2D eigenvalue weighted by molar-refractivity contribution is 9.10. The van der Waals surface area contributed by atoms with Crippen molar-refractivity contribution >= 4 is 54.8 Å². The molecule has 2 aromatic rings. The van der Waals surface area contributed by atoms with Crippen LogP contribution in [0.2, 0.25) is 10.2 Å². The predicted octanol–water partition coefficient (Wildman–Crippen LogP) is 3.66. The van der Waals surface area contributed by atoms with Gasteiger partial charge in [0.05, 0.1) is 16.9 Å². The highest BCUT2D eigenvalue weighted by atomic mass is 79.9. The molecule has 0 aliphatic carbocycles. The first-order chi connectivity index (χ1) is 9.29. The Bertz CT molecular complexity index is 768. The van der Waals surface area contributed by atoms with Gasteiger partial charge in [0.25, 0.3) is 10.0 Å². The van der Waals surface area contributed by atoms with Crippen molar-refractivity contribution in [1.29, 1.82) is 0 Å². The Labute approximate surface area is 134 Å². The summed E-state index contributed by atoms with van der Waals surface area (Å²) in [5.41, 5.74) is 1.15. The quantitative estimate of drug-likeness (QED) is 0.803. The first-order valence-corrected chi connectivity index (χ1v) is 8.29. The molecule has 20 heavy (non-hydrogen) atoms. The molecule has 2 heterocycles. The van der Waals surface area contributed by atoms with Crippen LogP contribution in [0.15, 0.2) is 34.0 Å². The molecule has 0 spiro atoms. The Morgan fingerprint density at radius 2 is 1.90 bits per heavy atom. The zero-order chi connectivity index (χ0) is 14.9. The molecular weight excluding hydrogens is 389 g/mol. The molecule has 0 radical (unpaired) electrons. The molecule has 0 saturated carbocycles. The summed E-state index contributed by atoms with van der Waals surface area (Å²) in [4.78, 5) is 7.65. The number of rotatable bonds is 3. The van der Waals surface area contributed by atoms with E-state index in [1.165, 1.54) is 12.3 Å². The molecular formula is C11H8BrCl2N3O2S. The molecule has 1 N–H and O–H groups in total. The second kappa shape index (κ2) is 5.85. The predicted molar refractivity (Wildman–Crippen MR) is 81.7 cm³/mol. The summed E-state index contributed by atoms with van der Waals surface area (Å²) in [6.07, 6.45) is 2.54.